The summed E-state index contributed by atoms with van der Waals surface area (Å²) in [5.41, 5.74) is 5.58. The van der Waals surface area contributed by atoms with Crippen LogP contribution in [0.1, 0.15) is 17.3 Å². The molecule has 0 saturated carbocycles. The molecule has 1 atom stereocenters. The standard InChI is InChI=1S/C14H18N6O3S.ClH/c1-9(6-15)7-16-13(21)10-3-4-12(11(5-10)20(22)23)24-14-18-17-8-19(14)2;/h3-5,8-9H,6-7,15H2,1-2H3,(H,16,21);1H. The molecule has 0 bridgehead atoms. The predicted molar refractivity (Wildman–Crippen MR) is 96.0 cm³/mol. The monoisotopic (exact) mass is 386 g/mol. The van der Waals surface area contributed by atoms with E-state index in [0.717, 1.165) is 11.8 Å². The number of hydrogen-bond acceptors (Lipinski definition) is 7. The molecule has 25 heavy (non-hydrogen) atoms. The zero-order valence-corrected chi connectivity index (χ0v) is 15.3. The number of nitrogens with zero attached hydrogens (tertiary/aromatic N) is 4. The largest absolute Gasteiger partial charge is 0.352 e. The van der Waals surface area contributed by atoms with Gasteiger partial charge in [-0.05, 0) is 36.4 Å². The smallest absolute Gasteiger partial charge is 0.284 e. The fourth-order valence-corrected chi connectivity index (χ4v) is 2.65. The molecule has 1 aromatic heterocycles. The van der Waals surface area contributed by atoms with Gasteiger partial charge in [0.25, 0.3) is 11.6 Å². The van der Waals surface area contributed by atoms with E-state index < -0.39 is 4.92 Å². The fraction of sp³-hybridized carbons (Fsp3) is 0.357. The van der Waals surface area contributed by atoms with Crippen LogP contribution < -0.4 is 11.1 Å². The van der Waals surface area contributed by atoms with E-state index in [0.29, 0.717) is 23.1 Å². The molecule has 9 nitrogen and oxygen atoms in total. The molecule has 2 aromatic rings. The third-order valence-electron chi connectivity index (χ3n) is 3.30. The summed E-state index contributed by atoms with van der Waals surface area (Å²) in [5, 5.41) is 22.2. The third kappa shape index (κ3) is 5.41. The second-order valence-corrected chi connectivity index (χ2v) is 6.33. The molecule has 0 aliphatic carbocycles. The molecule has 1 heterocycles. The summed E-state index contributed by atoms with van der Waals surface area (Å²) >= 11 is 1.12. The van der Waals surface area contributed by atoms with Gasteiger partial charge in [-0.3, -0.25) is 14.9 Å². The van der Waals surface area contributed by atoms with Gasteiger partial charge in [0.15, 0.2) is 5.16 Å². The molecule has 1 unspecified atom stereocenters. The summed E-state index contributed by atoms with van der Waals surface area (Å²) in [6.45, 7) is 2.77. The van der Waals surface area contributed by atoms with Crippen LogP contribution in [-0.2, 0) is 7.05 Å². The van der Waals surface area contributed by atoms with Crippen molar-refractivity contribution in [1.82, 2.24) is 20.1 Å². The van der Waals surface area contributed by atoms with Gasteiger partial charge in [0.1, 0.15) is 6.33 Å². The number of nitro groups is 1. The maximum absolute atomic E-state index is 12.1. The SMILES string of the molecule is CC(CN)CNC(=O)c1ccc(Sc2nncn2C)c([N+](=O)[O-])c1.Cl. The minimum Gasteiger partial charge on any atom is -0.352 e. The van der Waals surface area contributed by atoms with Crippen LogP contribution in [0.2, 0.25) is 0 Å². The second kappa shape index (κ2) is 9.35. The number of rotatable bonds is 7. The van der Waals surface area contributed by atoms with Gasteiger partial charge in [-0.25, -0.2) is 0 Å². The number of carbonyl (C=O) groups excluding carboxylic acids is 1. The van der Waals surface area contributed by atoms with Gasteiger partial charge in [-0.15, -0.1) is 22.6 Å². The van der Waals surface area contributed by atoms with Crippen LogP contribution in [0.5, 0.6) is 0 Å². The van der Waals surface area contributed by atoms with Gasteiger partial charge in [-0.1, -0.05) is 6.92 Å². The highest BCUT2D eigenvalue weighted by atomic mass is 35.5. The van der Waals surface area contributed by atoms with E-state index in [4.69, 9.17) is 5.73 Å². The van der Waals surface area contributed by atoms with E-state index in [1.807, 2.05) is 6.92 Å². The quantitative estimate of drug-likeness (QED) is 0.546. The average Bonchev–Trinajstić information content (AvgIpc) is 2.97. The van der Waals surface area contributed by atoms with Crippen molar-refractivity contribution in [2.75, 3.05) is 13.1 Å². The van der Waals surface area contributed by atoms with Gasteiger partial charge in [0.2, 0.25) is 0 Å². The highest BCUT2D eigenvalue weighted by molar-refractivity contribution is 7.99. The van der Waals surface area contributed by atoms with Gasteiger partial charge in [-0.2, -0.15) is 0 Å². The van der Waals surface area contributed by atoms with Crippen molar-refractivity contribution in [2.24, 2.45) is 18.7 Å². The Balaban J connectivity index is 0.00000312. The fourth-order valence-electron chi connectivity index (χ4n) is 1.80. The van der Waals surface area contributed by atoms with E-state index in [-0.39, 0.29) is 35.5 Å². The van der Waals surface area contributed by atoms with Gasteiger partial charge in [0, 0.05) is 25.2 Å². The maximum Gasteiger partial charge on any atom is 0.284 e. The maximum atomic E-state index is 12.1. The van der Waals surface area contributed by atoms with Crippen molar-refractivity contribution < 1.29 is 9.72 Å². The number of halogens is 1. The van der Waals surface area contributed by atoms with E-state index in [2.05, 4.69) is 15.5 Å². The van der Waals surface area contributed by atoms with Crippen LogP contribution in [0.25, 0.3) is 0 Å². The zero-order chi connectivity index (χ0) is 17.7. The van der Waals surface area contributed by atoms with Crippen molar-refractivity contribution in [3.05, 3.63) is 40.2 Å². The van der Waals surface area contributed by atoms with E-state index in [1.54, 1.807) is 23.7 Å². The minimum absolute atomic E-state index is 0. The minimum atomic E-state index is -0.516. The molecule has 3 N–H and O–H groups in total. The number of hydrogen-bond donors (Lipinski definition) is 2. The van der Waals surface area contributed by atoms with Crippen LogP contribution in [0.3, 0.4) is 0 Å². The Hall–Kier alpha value is -2.17. The molecule has 0 fully saturated rings. The first-order chi connectivity index (χ1) is 11.4. The molecule has 136 valence electrons. The number of aryl methyl sites for hydroxylation is 1. The molecule has 0 spiro atoms. The lowest BCUT2D eigenvalue weighted by Gasteiger charge is -2.10. The third-order valence-corrected chi connectivity index (χ3v) is 4.42. The van der Waals surface area contributed by atoms with Crippen LogP contribution >= 0.6 is 24.2 Å². The molecule has 2 rings (SSSR count). The normalized spacial score (nSPS) is 11.5. The number of carbonyl (C=O) groups is 1. The summed E-state index contributed by atoms with van der Waals surface area (Å²) in [7, 11) is 1.74. The van der Waals surface area contributed by atoms with E-state index >= 15 is 0 Å². The molecule has 1 aromatic carbocycles. The van der Waals surface area contributed by atoms with Crippen LogP contribution in [-0.4, -0.2) is 38.7 Å². The number of nitrogens with one attached hydrogen (secondary N) is 1. The molecule has 11 heteroatoms. The van der Waals surface area contributed by atoms with Gasteiger partial charge >= 0.3 is 0 Å². The Bertz CT molecular complexity index is 754. The van der Waals surface area contributed by atoms with Crippen LogP contribution in [0.4, 0.5) is 5.69 Å². The second-order valence-electron chi connectivity index (χ2n) is 5.32. The first kappa shape index (κ1) is 20.9. The molecular formula is C14H19ClN6O3S. The van der Waals surface area contributed by atoms with Crippen molar-refractivity contribution >= 4 is 35.8 Å². The van der Waals surface area contributed by atoms with Gasteiger partial charge in [0.05, 0.1) is 9.82 Å². The first-order valence-corrected chi connectivity index (χ1v) is 8.02. The highest BCUT2D eigenvalue weighted by Gasteiger charge is 2.20. The number of nitro benzene ring substituents is 1. The van der Waals surface area contributed by atoms with Crippen LogP contribution in [0, 0.1) is 16.0 Å². The van der Waals surface area contributed by atoms with Crippen LogP contribution in [0.15, 0.2) is 34.6 Å². The molecule has 0 aliphatic rings. The Morgan fingerprint density at radius 1 is 1.52 bits per heavy atom. The number of benzene rings is 1. The highest BCUT2D eigenvalue weighted by Crippen LogP contribution is 2.34. The summed E-state index contributed by atoms with van der Waals surface area (Å²) < 4.78 is 1.66. The molecule has 0 aliphatic heterocycles. The summed E-state index contributed by atoms with van der Waals surface area (Å²) in [6, 6.07) is 4.36. The summed E-state index contributed by atoms with van der Waals surface area (Å²) in [5.74, 6) is -0.233. The van der Waals surface area contributed by atoms with Crippen molar-refractivity contribution in [2.45, 2.75) is 17.0 Å². The topological polar surface area (TPSA) is 129 Å². The lowest BCUT2D eigenvalue weighted by Crippen LogP contribution is -2.31. The molecule has 0 saturated heterocycles. The summed E-state index contributed by atoms with van der Waals surface area (Å²) in [4.78, 5) is 23.3. The zero-order valence-electron chi connectivity index (χ0n) is 13.7. The molecule has 1 amide bonds. The van der Waals surface area contributed by atoms with Crippen molar-refractivity contribution in [3.8, 4) is 0 Å². The molecule has 0 radical (unpaired) electrons. The van der Waals surface area contributed by atoms with Crippen molar-refractivity contribution in [3.63, 3.8) is 0 Å². The summed E-state index contributed by atoms with van der Waals surface area (Å²) in [6.07, 6.45) is 1.51. The number of aromatic nitrogens is 3. The lowest BCUT2D eigenvalue weighted by molar-refractivity contribution is -0.387. The number of nitrogens with two attached hydrogens (primary N) is 1. The lowest BCUT2D eigenvalue weighted by atomic mass is 10.1. The number of amides is 1. The Labute approximate surface area is 154 Å². The van der Waals surface area contributed by atoms with Gasteiger partial charge < -0.3 is 15.6 Å². The van der Waals surface area contributed by atoms with E-state index in [9.17, 15) is 14.9 Å². The first-order valence-electron chi connectivity index (χ1n) is 7.21. The Morgan fingerprint density at radius 2 is 2.24 bits per heavy atom. The Kier molecular flexibility index (Phi) is 7.81. The van der Waals surface area contributed by atoms with E-state index in [1.165, 1.54) is 12.4 Å². The van der Waals surface area contributed by atoms with Crippen molar-refractivity contribution in [1.29, 1.82) is 0 Å². The predicted octanol–water partition coefficient (Wildman–Crippen LogP) is 1.62. The average molecular weight is 387 g/mol. The molecular weight excluding hydrogens is 368 g/mol. The Morgan fingerprint density at radius 3 is 2.80 bits per heavy atom.